The Bertz CT molecular complexity index is 283. The first-order chi connectivity index (χ1) is 6.59. The minimum Gasteiger partial charge on any atom is -0.508 e. The van der Waals surface area contributed by atoms with Crippen LogP contribution in [-0.4, -0.2) is 10.5 Å². The highest BCUT2D eigenvalue weighted by molar-refractivity contribution is 6.20. The quantitative estimate of drug-likeness (QED) is 0.757. The standard InChI is InChI=1S/C12H17ClO/c1-9(2)12(13)7-6-10-4-3-5-11(14)8-10/h3-5,8-9,12,14H,6-7H2,1-2H3. The van der Waals surface area contributed by atoms with Gasteiger partial charge in [0.1, 0.15) is 5.75 Å². The molecule has 2 heteroatoms. The van der Waals surface area contributed by atoms with Gasteiger partial charge in [-0.2, -0.15) is 0 Å². The van der Waals surface area contributed by atoms with Gasteiger partial charge in [0.15, 0.2) is 0 Å². The molecule has 0 amide bonds. The fourth-order valence-corrected chi connectivity index (χ4v) is 1.46. The normalized spacial score (nSPS) is 13.1. The third-order valence-corrected chi connectivity index (χ3v) is 3.06. The number of rotatable bonds is 4. The lowest BCUT2D eigenvalue weighted by atomic mass is 10.0. The van der Waals surface area contributed by atoms with Gasteiger partial charge in [0.05, 0.1) is 0 Å². The molecule has 0 aromatic heterocycles. The zero-order chi connectivity index (χ0) is 10.6. The summed E-state index contributed by atoms with van der Waals surface area (Å²) in [6.07, 6.45) is 1.89. The molecule has 1 atom stereocenters. The lowest BCUT2D eigenvalue weighted by Crippen LogP contribution is -2.08. The first-order valence-electron chi connectivity index (χ1n) is 5.01. The van der Waals surface area contributed by atoms with Crippen molar-refractivity contribution >= 4 is 11.6 Å². The third kappa shape index (κ3) is 3.59. The Morgan fingerprint density at radius 1 is 1.36 bits per heavy atom. The predicted octanol–water partition coefficient (Wildman–Crippen LogP) is 3.59. The maximum absolute atomic E-state index is 9.25. The van der Waals surface area contributed by atoms with E-state index in [4.69, 9.17) is 11.6 Å². The lowest BCUT2D eigenvalue weighted by Gasteiger charge is -2.12. The fourth-order valence-electron chi connectivity index (χ4n) is 1.35. The lowest BCUT2D eigenvalue weighted by molar-refractivity contribution is 0.474. The summed E-state index contributed by atoms with van der Waals surface area (Å²) in [5.41, 5.74) is 1.15. The van der Waals surface area contributed by atoms with E-state index >= 15 is 0 Å². The molecule has 0 radical (unpaired) electrons. The summed E-state index contributed by atoms with van der Waals surface area (Å²) in [5.74, 6) is 0.840. The molecule has 0 heterocycles. The van der Waals surface area contributed by atoms with E-state index in [1.807, 2.05) is 12.1 Å². The summed E-state index contributed by atoms with van der Waals surface area (Å²) >= 11 is 6.14. The van der Waals surface area contributed by atoms with Crippen LogP contribution in [0.1, 0.15) is 25.8 Å². The molecule has 0 saturated carbocycles. The molecule has 0 aliphatic heterocycles. The van der Waals surface area contributed by atoms with E-state index in [-0.39, 0.29) is 5.38 Å². The molecule has 1 rings (SSSR count). The van der Waals surface area contributed by atoms with Gasteiger partial charge in [-0.05, 0) is 36.5 Å². The van der Waals surface area contributed by atoms with Crippen molar-refractivity contribution < 1.29 is 5.11 Å². The van der Waals surface area contributed by atoms with Crippen molar-refractivity contribution in [3.05, 3.63) is 29.8 Å². The smallest absolute Gasteiger partial charge is 0.115 e. The number of aromatic hydroxyl groups is 1. The zero-order valence-electron chi connectivity index (χ0n) is 8.70. The summed E-state index contributed by atoms with van der Waals surface area (Å²) < 4.78 is 0. The number of hydrogen-bond donors (Lipinski definition) is 1. The second-order valence-electron chi connectivity index (χ2n) is 3.97. The van der Waals surface area contributed by atoms with Crippen LogP contribution in [-0.2, 0) is 6.42 Å². The van der Waals surface area contributed by atoms with Crippen molar-refractivity contribution in [2.24, 2.45) is 5.92 Å². The van der Waals surface area contributed by atoms with Crippen molar-refractivity contribution in [1.82, 2.24) is 0 Å². The molecule has 78 valence electrons. The number of halogens is 1. The molecule has 1 N–H and O–H groups in total. The van der Waals surface area contributed by atoms with Crippen molar-refractivity contribution in [2.75, 3.05) is 0 Å². The summed E-state index contributed by atoms with van der Waals surface area (Å²) in [4.78, 5) is 0. The van der Waals surface area contributed by atoms with E-state index < -0.39 is 0 Å². The minimum absolute atomic E-state index is 0.220. The van der Waals surface area contributed by atoms with Gasteiger partial charge in [-0.15, -0.1) is 11.6 Å². The number of alkyl halides is 1. The number of phenols is 1. The van der Waals surface area contributed by atoms with Crippen LogP contribution in [0.25, 0.3) is 0 Å². The monoisotopic (exact) mass is 212 g/mol. The largest absolute Gasteiger partial charge is 0.508 e. The Balaban J connectivity index is 2.45. The summed E-state index contributed by atoms with van der Waals surface area (Å²) in [6, 6.07) is 7.36. The average molecular weight is 213 g/mol. The van der Waals surface area contributed by atoms with E-state index in [0.717, 1.165) is 18.4 Å². The zero-order valence-corrected chi connectivity index (χ0v) is 9.46. The van der Waals surface area contributed by atoms with Crippen LogP contribution in [0.15, 0.2) is 24.3 Å². The first-order valence-corrected chi connectivity index (χ1v) is 5.45. The molecule has 14 heavy (non-hydrogen) atoms. The van der Waals surface area contributed by atoms with E-state index in [2.05, 4.69) is 13.8 Å². The van der Waals surface area contributed by atoms with Crippen molar-refractivity contribution in [3.8, 4) is 5.75 Å². The van der Waals surface area contributed by atoms with Crippen LogP contribution in [0, 0.1) is 5.92 Å². The average Bonchev–Trinajstić information content (AvgIpc) is 2.14. The first kappa shape index (κ1) is 11.4. The molecule has 0 aliphatic rings. The number of benzene rings is 1. The van der Waals surface area contributed by atoms with Crippen LogP contribution < -0.4 is 0 Å². The Labute approximate surface area is 90.7 Å². The Kier molecular flexibility index (Phi) is 4.27. The maximum atomic E-state index is 9.25. The van der Waals surface area contributed by atoms with E-state index in [1.54, 1.807) is 12.1 Å². The molecule has 0 bridgehead atoms. The van der Waals surface area contributed by atoms with Crippen LogP contribution in [0.4, 0.5) is 0 Å². The third-order valence-electron chi connectivity index (χ3n) is 2.34. The number of aryl methyl sites for hydroxylation is 1. The molecular formula is C12H17ClO. The number of hydrogen-bond acceptors (Lipinski definition) is 1. The minimum atomic E-state index is 0.220. The van der Waals surface area contributed by atoms with Crippen molar-refractivity contribution in [2.45, 2.75) is 32.1 Å². The maximum Gasteiger partial charge on any atom is 0.115 e. The topological polar surface area (TPSA) is 20.2 Å². The van der Waals surface area contributed by atoms with E-state index in [1.165, 1.54) is 0 Å². The van der Waals surface area contributed by atoms with E-state index in [9.17, 15) is 5.11 Å². The summed E-state index contributed by atoms with van der Waals surface area (Å²) in [5, 5.41) is 9.47. The van der Waals surface area contributed by atoms with Crippen molar-refractivity contribution in [1.29, 1.82) is 0 Å². The van der Waals surface area contributed by atoms with Gasteiger partial charge in [0, 0.05) is 5.38 Å². The van der Waals surface area contributed by atoms with Gasteiger partial charge in [-0.1, -0.05) is 26.0 Å². The highest BCUT2D eigenvalue weighted by atomic mass is 35.5. The molecule has 1 nitrogen and oxygen atoms in total. The molecule has 0 spiro atoms. The molecular weight excluding hydrogens is 196 g/mol. The van der Waals surface area contributed by atoms with Gasteiger partial charge >= 0.3 is 0 Å². The fraction of sp³-hybridized carbons (Fsp3) is 0.500. The summed E-state index contributed by atoms with van der Waals surface area (Å²) in [7, 11) is 0. The van der Waals surface area contributed by atoms with Crippen molar-refractivity contribution in [3.63, 3.8) is 0 Å². The second-order valence-corrected chi connectivity index (χ2v) is 4.53. The van der Waals surface area contributed by atoms with Crippen LogP contribution in [0.2, 0.25) is 0 Å². The van der Waals surface area contributed by atoms with E-state index in [0.29, 0.717) is 11.7 Å². The molecule has 0 fully saturated rings. The Morgan fingerprint density at radius 3 is 2.64 bits per heavy atom. The van der Waals surface area contributed by atoms with Crippen LogP contribution in [0.3, 0.4) is 0 Å². The molecule has 0 saturated heterocycles. The number of phenolic OH excluding ortho intramolecular Hbond substituents is 1. The SMILES string of the molecule is CC(C)C(Cl)CCc1cccc(O)c1. The molecule has 1 aromatic carbocycles. The Hall–Kier alpha value is -0.690. The second kappa shape index (κ2) is 5.26. The molecule has 0 aliphatic carbocycles. The van der Waals surface area contributed by atoms with Gasteiger partial charge in [0.2, 0.25) is 0 Å². The molecule has 1 unspecified atom stereocenters. The highest BCUT2D eigenvalue weighted by Gasteiger charge is 2.09. The van der Waals surface area contributed by atoms with Gasteiger partial charge in [-0.3, -0.25) is 0 Å². The molecule has 1 aromatic rings. The van der Waals surface area contributed by atoms with Crippen LogP contribution >= 0.6 is 11.6 Å². The highest BCUT2D eigenvalue weighted by Crippen LogP contribution is 2.18. The predicted molar refractivity (Wildman–Crippen MR) is 60.9 cm³/mol. The van der Waals surface area contributed by atoms with Crippen LogP contribution in [0.5, 0.6) is 5.75 Å². The summed E-state index contributed by atoms with van der Waals surface area (Å²) in [6.45, 7) is 4.25. The van der Waals surface area contributed by atoms with Gasteiger partial charge in [0.25, 0.3) is 0 Å². The van der Waals surface area contributed by atoms with Gasteiger partial charge < -0.3 is 5.11 Å². The van der Waals surface area contributed by atoms with Gasteiger partial charge in [-0.25, -0.2) is 0 Å². The Morgan fingerprint density at radius 2 is 2.07 bits per heavy atom.